The van der Waals surface area contributed by atoms with Crippen LogP contribution >= 0.6 is 23.1 Å². The van der Waals surface area contributed by atoms with Crippen molar-refractivity contribution >= 4 is 28.1 Å². The molecular formula is C10H9ClN2OS. The van der Waals surface area contributed by atoms with Crippen LogP contribution in [0, 0.1) is 0 Å². The maximum absolute atomic E-state index is 5.93. The Hall–Kier alpha value is -1.26. The number of ether oxygens (including phenoxy) is 1. The Morgan fingerprint density at radius 3 is 2.87 bits per heavy atom. The maximum Gasteiger partial charge on any atom is 0.138 e. The first-order valence-corrected chi connectivity index (χ1v) is 5.49. The number of anilines is 1. The second-order valence-corrected chi connectivity index (χ2v) is 4.17. The average Bonchev–Trinajstić information content (AvgIpc) is 2.63. The van der Waals surface area contributed by atoms with Gasteiger partial charge in [0.15, 0.2) is 0 Å². The topological polar surface area (TPSA) is 48.1 Å². The predicted octanol–water partition coefficient (Wildman–Crippen LogP) is 2.96. The quantitative estimate of drug-likeness (QED) is 0.897. The SMILES string of the molecule is Nc1sncc1COc1ccccc1Cl. The fraction of sp³-hybridized carbons (Fsp3) is 0.100. The number of para-hydroxylation sites is 1. The lowest BCUT2D eigenvalue weighted by Gasteiger charge is -2.06. The molecule has 0 saturated carbocycles. The lowest BCUT2D eigenvalue weighted by atomic mass is 10.3. The van der Waals surface area contributed by atoms with Gasteiger partial charge < -0.3 is 10.5 Å². The summed E-state index contributed by atoms with van der Waals surface area (Å²) in [6, 6.07) is 7.33. The van der Waals surface area contributed by atoms with Crippen molar-refractivity contribution in [2.24, 2.45) is 0 Å². The van der Waals surface area contributed by atoms with E-state index in [0.29, 0.717) is 22.4 Å². The second-order valence-electron chi connectivity index (χ2n) is 2.93. The fourth-order valence-corrected chi connectivity index (χ4v) is 1.81. The summed E-state index contributed by atoms with van der Waals surface area (Å²) in [5.74, 6) is 0.657. The van der Waals surface area contributed by atoms with E-state index in [2.05, 4.69) is 4.37 Å². The van der Waals surface area contributed by atoms with Crippen LogP contribution in [-0.4, -0.2) is 4.37 Å². The molecule has 0 aliphatic heterocycles. The summed E-state index contributed by atoms with van der Waals surface area (Å²) < 4.78 is 9.48. The molecule has 0 atom stereocenters. The normalized spacial score (nSPS) is 10.2. The van der Waals surface area contributed by atoms with Crippen molar-refractivity contribution in [1.82, 2.24) is 4.37 Å². The number of nitrogen functional groups attached to an aromatic ring is 1. The van der Waals surface area contributed by atoms with Crippen LogP contribution in [0.1, 0.15) is 5.56 Å². The first kappa shape index (κ1) is 10.3. The Morgan fingerprint density at radius 1 is 1.40 bits per heavy atom. The van der Waals surface area contributed by atoms with Gasteiger partial charge in [-0.3, -0.25) is 0 Å². The zero-order valence-corrected chi connectivity index (χ0v) is 9.39. The van der Waals surface area contributed by atoms with Gasteiger partial charge in [-0.25, -0.2) is 0 Å². The molecule has 2 N–H and O–H groups in total. The summed E-state index contributed by atoms with van der Waals surface area (Å²) in [5, 5.41) is 1.28. The van der Waals surface area contributed by atoms with Crippen LogP contribution in [-0.2, 0) is 6.61 Å². The Labute approximate surface area is 96.6 Å². The summed E-state index contributed by atoms with van der Waals surface area (Å²) in [6.07, 6.45) is 1.71. The Morgan fingerprint density at radius 2 is 2.20 bits per heavy atom. The summed E-state index contributed by atoms with van der Waals surface area (Å²) in [6.45, 7) is 0.395. The highest BCUT2D eigenvalue weighted by molar-refractivity contribution is 7.10. The van der Waals surface area contributed by atoms with Gasteiger partial charge in [-0.05, 0) is 23.7 Å². The van der Waals surface area contributed by atoms with E-state index in [4.69, 9.17) is 22.1 Å². The summed E-state index contributed by atoms with van der Waals surface area (Å²) in [4.78, 5) is 0. The Balaban J connectivity index is 2.06. The third-order valence-electron chi connectivity index (χ3n) is 1.90. The molecule has 0 amide bonds. The van der Waals surface area contributed by atoms with E-state index in [1.807, 2.05) is 18.2 Å². The number of nitrogens with zero attached hydrogens (tertiary/aromatic N) is 1. The van der Waals surface area contributed by atoms with E-state index < -0.39 is 0 Å². The van der Waals surface area contributed by atoms with Crippen molar-refractivity contribution in [3.8, 4) is 5.75 Å². The predicted molar refractivity (Wildman–Crippen MR) is 62.3 cm³/mol. The molecule has 1 heterocycles. The molecule has 5 heteroatoms. The van der Waals surface area contributed by atoms with Crippen LogP contribution in [0.3, 0.4) is 0 Å². The lowest BCUT2D eigenvalue weighted by Crippen LogP contribution is -1.97. The molecule has 0 unspecified atom stereocenters. The van der Waals surface area contributed by atoms with Gasteiger partial charge in [-0.15, -0.1) is 0 Å². The molecule has 0 aliphatic rings. The maximum atomic E-state index is 5.93. The number of hydrogen-bond donors (Lipinski definition) is 1. The van der Waals surface area contributed by atoms with Gasteiger partial charge in [-0.2, -0.15) is 4.37 Å². The average molecular weight is 241 g/mol. The molecule has 15 heavy (non-hydrogen) atoms. The van der Waals surface area contributed by atoms with Crippen molar-refractivity contribution in [2.45, 2.75) is 6.61 Å². The van der Waals surface area contributed by atoms with Gasteiger partial charge in [-0.1, -0.05) is 23.7 Å². The minimum Gasteiger partial charge on any atom is -0.487 e. The molecule has 3 nitrogen and oxygen atoms in total. The van der Waals surface area contributed by atoms with Gasteiger partial charge >= 0.3 is 0 Å². The van der Waals surface area contributed by atoms with Crippen LogP contribution in [0.15, 0.2) is 30.5 Å². The van der Waals surface area contributed by atoms with Crippen LogP contribution in [0.25, 0.3) is 0 Å². The third-order valence-corrected chi connectivity index (χ3v) is 2.88. The molecule has 78 valence electrons. The molecule has 2 rings (SSSR count). The number of benzene rings is 1. The number of hydrogen-bond acceptors (Lipinski definition) is 4. The van der Waals surface area contributed by atoms with Gasteiger partial charge in [0, 0.05) is 11.8 Å². The zero-order valence-electron chi connectivity index (χ0n) is 7.81. The van der Waals surface area contributed by atoms with Crippen LogP contribution in [0.2, 0.25) is 5.02 Å². The monoisotopic (exact) mass is 240 g/mol. The van der Waals surface area contributed by atoms with Crippen LogP contribution in [0.5, 0.6) is 5.75 Å². The van der Waals surface area contributed by atoms with E-state index >= 15 is 0 Å². The zero-order chi connectivity index (χ0) is 10.7. The highest BCUT2D eigenvalue weighted by atomic mass is 35.5. The molecule has 1 aromatic carbocycles. The molecule has 0 radical (unpaired) electrons. The van der Waals surface area contributed by atoms with Crippen LogP contribution < -0.4 is 10.5 Å². The van der Waals surface area contributed by atoms with E-state index in [1.54, 1.807) is 12.3 Å². The smallest absolute Gasteiger partial charge is 0.138 e. The summed E-state index contributed by atoms with van der Waals surface area (Å²) in [5.41, 5.74) is 6.57. The van der Waals surface area contributed by atoms with Crippen molar-refractivity contribution in [3.05, 3.63) is 41.0 Å². The van der Waals surface area contributed by atoms with Gasteiger partial charge in [0.25, 0.3) is 0 Å². The highest BCUT2D eigenvalue weighted by Crippen LogP contribution is 2.25. The third kappa shape index (κ3) is 2.40. The molecule has 1 aromatic heterocycles. The molecule has 0 saturated heterocycles. The number of rotatable bonds is 3. The second kappa shape index (κ2) is 4.51. The highest BCUT2D eigenvalue weighted by Gasteiger charge is 2.04. The largest absolute Gasteiger partial charge is 0.487 e. The van der Waals surface area contributed by atoms with E-state index in [0.717, 1.165) is 5.56 Å². The van der Waals surface area contributed by atoms with E-state index in [9.17, 15) is 0 Å². The molecule has 2 aromatic rings. The minimum atomic E-state index is 0.395. The van der Waals surface area contributed by atoms with Crippen LogP contribution in [0.4, 0.5) is 5.00 Å². The van der Waals surface area contributed by atoms with Crippen molar-refractivity contribution < 1.29 is 4.74 Å². The molecule has 0 bridgehead atoms. The minimum absolute atomic E-state index is 0.395. The number of aromatic nitrogens is 1. The fourth-order valence-electron chi connectivity index (χ4n) is 1.09. The first-order chi connectivity index (χ1) is 7.27. The molecule has 0 fully saturated rings. The van der Waals surface area contributed by atoms with E-state index in [-0.39, 0.29) is 0 Å². The first-order valence-electron chi connectivity index (χ1n) is 4.33. The summed E-state index contributed by atoms with van der Waals surface area (Å²) >= 11 is 7.19. The molecular weight excluding hydrogens is 232 g/mol. The van der Waals surface area contributed by atoms with E-state index in [1.165, 1.54) is 11.5 Å². The van der Waals surface area contributed by atoms with Gasteiger partial charge in [0.05, 0.1) is 5.02 Å². The van der Waals surface area contributed by atoms with Gasteiger partial charge in [0.1, 0.15) is 17.4 Å². The summed E-state index contributed by atoms with van der Waals surface area (Å²) in [7, 11) is 0. The Kier molecular flexibility index (Phi) is 3.08. The number of nitrogens with two attached hydrogens (primary N) is 1. The molecule has 0 aliphatic carbocycles. The van der Waals surface area contributed by atoms with Crippen molar-refractivity contribution in [1.29, 1.82) is 0 Å². The van der Waals surface area contributed by atoms with Crippen molar-refractivity contribution in [2.75, 3.05) is 5.73 Å². The standard InChI is InChI=1S/C10H9ClN2OS/c11-8-3-1-2-4-9(8)14-6-7-5-13-15-10(7)12/h1-5H,6,12H2. The van der Waals surface area contributed by atoms with Gasteiger partial charge in [0.2, 0.25) is 0 Å². The molecule has 0 spiro atoms. The van der Waals surface area contributed by atoms with Crippen molar-refractivity contribution in [3.63, 3.8) is 0 Å². The lowest BCUT2D eigenvalue weighted by molar-refractivity contribution is 0.307. The Bertz CT molecular complexity index is 458. The number of halogens is 1.